The molecule has 0 amide bonds. The first-order chi connectivity index (χ1) is 8.01. The van der Waals surface area contributed by atoms with E-state index in [2.05, 4.69) is 4.98 Å². The summed E-state index contributed by atoms with van der Waals surface area (Å²) in [6.45, 7) is 0. The molecule has 4 nitrogen and oxygen atoms in total. The minimum atomic E-state index is -4.52. The topological polar surface area (TPSA) is 52.0 Å². The molecule has 0 aliphatic heterocycles. The molecule has 0 aliphatic rings. The molecule has 0 bridgehead atoms. The van der Waals surface area contributed by atoms with Crippen LogP contribution in [-0.2, 0) is 9.84 Å². The van der Waals surface area contributed by atoms with Gasteiger partial charge in [0.2, 0.25) is 9.84 Å². The number of benzene rings is 1. The molecule has 7 heteroatoms. The smallest absolute Gasteiger partial charge is 0.306 e. The van der Waals surface area contributed by atoms with Crippen LogP contribution >= 0.6 is 0 Å². The van der Waals surface area contributed by atoms with Crippen molar-refractivity contribution in [2.24, 2.45) is 0 Å². The van der Waals surface area contributed by atoms with Crippen LogP contribution in [0.3, 0.4) is 0 Å². The second-order valence-corrected chi connectivity index (χ2v) is 5.19. The molecule has 0 aliphatic carbocycles. The fourth-order valence-electron chi connectivity index (χ4n) is 1.32. The lowest BCUT2D eigenvalue weighted by molar-refractivity contribution is 0.234. The number of sulfone groups is 1. The number of halogens is 2. The lowest BCUT2D eigenvalue weighted by Gasteiger charge is -2.05. The summed E-state index contributed by atoms with van der Waals surface area (Å²) in [4.78, 5) is 3.43. The van der Waals surface area contributed by atoms with Gasteiger partial charge < -0.3 is 4.57 Å². The molecule has 0 saturated carbocycles. The molecule has 0 spiro atoms. The summed E-state index contributed by atoms with van der Waals surface area (Å²) in [5, 5.41) is 0. The number of imidazole rings is 1. The minimum Gasteiger partial charge on any atom is -0.306 e. The maximum atomic E-state index is 12.3. The first-order valence-corrected chi connectivity index (χ1v) is 6.17. The van der Waals surface area contributed by atoms with E-state index in [0.29, 0.717) is 5.69 Å². The molecular formula is C10H8F2N2O2S. The van der Waals surface area contributed by atoms with Crippen LogP contribution in [0.15, 0.2) is 47.9 Å². The first kappa shape index (κ1) is 11.7. The molecule has 0 fully saturated rings. The number of nitrogens with zero attached hydrogens (tertiary/aromatic N) is 2. The fraction of sp³-hybridized carbons (Fsp3) is 0.100. The number of alkyl halides is 2. The van der Waals surface area contributed by atoms with Gasteiger partial charge >= 0.3 is 5.76 Å². The van der Waals surface area contributed by atoms with E-state index in [1.165, 1.54) is 18.5 Å². The highest BCUT2D eigenvalue weighted by atomic mass is 32.2. The molecule has 0 atom stereocenters. The molecule has 0 unspecified atom stereocenters. The third kappa shape index (κ3) is 2.19. The van der Waals surface area contributed by atoms with E-state index in [1.807, 2.05) is 0 Å². The van der Waals surface area contributed by atoms with Crippen molar-refractivity contribution in [1.82, 2.24) is 9.55 Å². The molecule has 0 saturated heterocycles. The van der Waals surface area contributed by atoms with Crippen LogP contribution in [0.5, 0.6) is 0 Å². The Morgan fingerprint density at radius 2 is 1.82 bits per heavy atom. The zero-order valence-electron chi connectivity index (χ0n) is 8.49. The predicted octanol–water partition coefficient (Wildman–Crippen LogP) is 1.87. The van der Waals surface area contributed by atoms with Crippen molar-refractivity contribution in [2.75, 3.05) is 0 Å². The molecular weight excluding hydrogens is 250 g/mol. The quantitative estimate of drug-likeness (QED) is 0.844. The Balaban J connectivity index is 2.38. The normalized spacial score (nSPS) is 11.9. The summed E-state index contributed by atoms with van der Waals surface area (Å²) in [6.07, 6.45) is 4.75. The van der Waals surface area contributed by atoms with Crippen LogP contribution in [0.2, 0.25) is 0 Å². The van der Waals surface area contributed by atoms with E-state index < -0.39 is 20.5 Å². The Hall–Kier alpha value is -1.76. The van der Waals surface area contributed by atoms with E-state index in [1.54, 1.807) is 17.0 Å². The van der Waals surface area contributed by atoms with E-state index >= 15 is 0 Å². The molecule has 17 heavy (non-hydrogen) atoms. The van der Waals surface area contributed by atoms with Crippen LogP contribution in [0.25, 0.3) is 5.69 Å². The average molecular weight is 258 g/mol. The molecule has 90 valence electrons. The minimum absolute atomic E-state index is 0.392. The summed E-state index contributed by atoms with van der Waals surface area (Å²) >= 11 is 0. The molecule has 1 aromatic carbocycles. The Kier molecular flexibility index (Phi) is 2.93. The molecule has 1 heterocycles. The molecule has 2 rings (SSSR count). The zero-order valence-corrected chi connectivity index (χ0v) is 9.31. The molecule has 2 aromatic rings. The van der Waals surface area contributed by atoms with Crippen LogP contribution in [0.1, 0.15) is 0 Å². The first-order valence-electron chi connectivity index (χ1n) is 4.62. The zero-order chi connectivity index (χ0) is 12.5. The lowest BCUT2D eigenvalue weighted by atomic mass is 10.3. The van der Waals surface area contributed by atoms with Gasteiger partial charge in [-0.2, -0.15) is 8.78 Å². The summed E-state index contributed by atoms with van der Waals surface area (Å²) in [5.74, 6) is -3.40. The average Bonchev–Trinajstić information content (AvgIpc) is 2.82. The van der Waals surface area contributed by atoms with Gasteiger partial charge in [0.05, 0.1) is 11.2 Å². The van der Waals surface area contributed by atoms with Crippen molar-refractivity contribution < 1.29 is 17.2 Å². The van der Waals surface area contributed by atoms with Crippen LogP contribution in [-0.4, -0.2) is 23.7 Å². The monoisotopic (exact) mass is 258 g/mol. The van der Waals surface area contributed by atoms with Gasteiger partial charge in [-0.3, -0.25) is 0 Å². The van der Waals surface area contributed by atoms with Crippen molar-refractivity contribution in [3.63, 3.8) is 0 Å². The van der Waals surface area contributed by atoms with Crippen molar-refractivity contribution >= 4 is 9.84 Å². The van der Waals surface area contributed by atoms with E-state index in [0.717, 1.165) is 12.1 Å². The number of hydrogen-bond acceptors (Lipinski definition) is 3. The summed E-state index contributed by atoms with van der Waals surface area (Å²) in [6, 6.07) is 5.18. The van der Waals surface area contributed by atoms with Crippen molar-refractivity contribution in [3.05, 3.63) is 43.0 Å². The van der Waals surface area contributed by atoms with Crippen LogP contribution < -0.4 is 0 Å². The predicted molar refractivity (Wildman–Crippen MR) is 56.8 cm³/mol. The highest BCUT2D eigenvalue weighted by Gasteiger charge is 2.26. The summed E-state index contributed by atoms with van der Waals surface area (Å²) in [5.41, 5.74) is 0.649. The van der Waals surface area contributed by atoms with Gasteiger partial charge in [0, 0.05) is 18.1 Å². The standard InChI is InChI=1S/C10H8F2N2O2S/c11-10(12)17(15,16)9-3-1-8(2-4-9)14-6-5-13-7-14/h1-7,10H. The van der Waals surface area contributed by atoms with Crippen molar-refractivity contribution in [3.8, 4) is 5.69 Å². The van der Waals surface area contributed by atoms with Gasteiger partial charge in [-0.15, -0.1) is 0 Å². The Bertz CT molecular complexity index is 592. The van der Waals surface area contributed by atoms with Gasteiger partial charge in [-0.1, -0.05) is 0 Å². The largest absolute Gasteiger partial charge is 0.341 e. The summed E-state index contributed by atoms with van der Waals surface area (Å²) in [7, 11) is -4.52. The van der Waals surface area contributed by atoms with Gasteiger partial charge in [-0.05, 0) is 24.3 Å². The Morgan fingerprint density at radius 3 is 2.29 bits per heavy atom. The second kappa shape index (κ2) is 4.25. The number of aromatic nitrogens is 2. The van der Waals surface area contributed by atoms with Gasteiger partial charge in [0.1, 0.15) is 0 Å². The summed E-state index contributed by atoms with van der Waals surface area (Å²) < 4.78 is 48.5. The second-order valence-electron chi connectivity index (χ2n) is 3.27. The van der Waals surface area contributed by atoms with E-state index in [-0.39, 0.29) is 0 Å². The van der Waals surface area contributed by atoms with Crippen LogP contribution in [0.4, 0.5) is 8.78 Å². The highest BCUT2D eigenvalue weighted by Crippen LogP contribution is 2.19. The SMILES string of the molecule is O=S(=O)(c1ccc(-n2ccnc2)cc1)C(F)F. The van der Waals surface area contributed by atoms with Gasteiger partial charge in [0.15, 0.2) is 0 Å². The third-order valence-corrected chi connectivity index (χ3v) is 3.60. The Morgan fingerprint density at radius 1 is 1.18 bits per heavy atom. The third-order valence-electron chi connectivity index (χ3n) is 2.20. The number of hydrogen-bond donors (Lipinski definition) is 0. The fourth-order valence-corrected chi connectivity index (χ4v) is 2.04. The molecule has 0 N–H and O–H groups in total. The van der Waals surface area contributed by atoms with Crippen LogP contribution in [0, 0.1) is 0 Å². The van der Waals surface area contributed by atoms with E-state index in [9.17, 15) is 17.2 Å². The Labute approximate surface area is 96.4 Å². The van der Waals surface area contributed by atoms with Crippen molar-refractivity contribution in [1.29, 1.82) is 0 Å². The van der Waals surface area contributed by atoms with E-state index in [4.69, 9.17) is 0 Å². The molecule has 0 radical (unpaired) electrons. The van der Waals surface area contributed by atoms with Gasteiger partial charge in [0.25, 0.3) is 0 Å². The maximum Gasteiger partial charge on any atom is 0.341 e. The maximum absolute atomic E-state index is 12.3. The van der Waals surface area contributed by atoms with Gasteiger partial charge in [-0.25, -0.2) is 13.4 Å². The lowest BCUT2D eigenvalue weighted by Crippen LogP contribution is -2.11. The molecule has 1 aromatic heterocycles. The van der Waals surface area contributed by atoms with Crippen molar-refractivity contribution in [2.45, 2.75) is 10.7 Å². The number of rotatable bonds is 3. The highest BCUT2D eigenvalue weighted by molar-refractivity contribution is 7.91.